The average Bonchev–Trinajstić information content (AvgIpc) is 2.96. The van der Waals surface area contributed by atoms with Crippen LogP contribution in [0.15, 0.2) is 0 Å². The van der Waals surface area contributed by atoms with E-state index in [1.165, 1.54) is 25.7 Å². The number of amides is 1. The fourth-order valence-corrected chi connectivity index (χ4v) is 3.75. The highest BCUT2D eigenvalue weighted by atomic mass is 16.2. The number of nitrogens with one attached hydrogen (secondary N) is 1. The Morgan fingerprint density at radius 3 is 2.65 bits per heavy atom. The Bertz CT molecular complexity index is 303. The van der Waals surface area contributed by atoms with Gasteiger partial charge in [0.15, 0.2) is 0 Å². The van der Waals surface area contributed by atoms with E-state index in [0.717, 1.165) is 44.8 Å². The molecule has 0 aromatic carbocycles. The van der Waals surface area contributed by atoms with Crippen molar-refractivity contribution >= 4 is 5.91 Å². The summed E-state index contributed by atoms with van der Waals surface area (Å²) in [4.78, 5) is 13.7. The summed E-state index contributed by atoms with van der Waals surface area (Å²) >= 11 is 0. The van der Waals surface area contributed by atoms with Gasteiger partial charge in [0.2, 0.25) is 5.91 Å². The maximum absolute atomic E-state index is 11.7. The van der Waals surface area contributed by atoms with Crippen LogP contribution in [0.1, 0.15) is 51.9 Å². The maximum Gasteiger partial charge on any atom is 0.219 e. The van der Waals surface area contributed by atoms with Crippen LogP contribution in [-0.2, 0) is 4.79 Å². The Kier molecular flexibility index (Phi) is 6.30. The molecule has 1 aliphatic heterocycles. The number of aliphatic hydroxyl groups is 1. The van der Waals surface area contributed by atoms with E-state index in [9.17, 15) is 4.79 Å². The molecule has 2 fully saturated rings. The molecule has 116 valence electrons. The van der Waals surface area contributed by atoms with Crippen LogP contribution >= 0.6 is 0 Å². The Morgan fingerprint density at radius 2 is 2.00 bits per heavy atom. The van der Waals surface area contributed by atoms with Gasteiger partial charge < -0.3 is 15.3 Å². The van der Waals surface area contributed by atoms with Crippen LogP contribution in [0.2, 0.25) is 0 Å². The predicted octanol–water partition coefficient (Wildman–Crippen LogP) is 1.78. The van der Waals surface area contributed by atoms with E-state index in [0.29, 0.717) is 12.0 Å². The normalized spacial score (nSPS) is 28.0. The highest BCUT2D eigenvalue weighted by Gasteiger charge is 2.28. The van der Waals surface area contributed by atoms with Crippen molar-refractivity contribution in [3.05, 3.63) is 0 Å². The predicted molar refractivity (Wildman–Crippen MR) is 80.4 cm³/mol. The monoisotopic (exact) mass is 282 g/mol. The summed E-state index contributed by atoms with van der Waals surface area (Å²) in [5.74, 6) is 1.57. The molecular weight excluding hydrogens is 252 g/mol. The van der Waals surface area contributed by atoms with Gasteiger partial charge in [0, 0.05) is 32.7 Å². The zero-order valence-electron chi connectivity index (χ0n) is 12.8. The van der Waals surface area contributed by atoms with Crippen LogP contribution in [0.5, 0.6) is 0 Å². The smallest absolute Gasteiger partial charge is 0.219 e. The lowest BCUT2D eigenvalue weighted by atomic mass is 9.90. The van der Waals surface area contributed by atoms with Gasteiger partial charge in [-0.15, -0.1) is 0 Å². The van der Waals surface area contributed by atoms with Crippen molar-refractivity contribution < 1.29 is 9.90 Å². The number of rotatable bonds is 6. The van der Waals surface area contributed by atoms with Crippen molar-refractivity contribution in [3.8, 4) is 0 Å². The number of carbonyl (C=O) groups excluding carboxylic acids is 1. The van der Waals surface area contributed by atoms with E-state index in [1.54, 1.807) is 6.92 Å². The second-order valence-corrected chi connectivity index (χ2v) is 6.65. The molecule has 4 heteroatoms. The van der Waals surface area contributed by atoms with Gasteiger partial charge in [0.25, 0.3) is 0 Å². The molecule has 1 heterocycles. The van der Waals surface area contributed by atoms with E-state index in [2.05, 4.69) is 5.32 Å². The molecule has 2 N–H and O–H groups in total. The number of nitrogens with zero attached hydrogens (tertiary/aromatic N) is 1. The zero-order valence-corrected chi connectivity index (χ0v) is 12.8. The number of aliphatic hydroxyl groups excluding tert-OH is 1. The third kappa shape index (κ3) is 4.74. The van der Waals surface area contributed by atoms with E-state index in [4.69, 9.17) is 5.11 Å². The first kappa shape index (κ1) is 15.8. The first-order valence-electron chi connectivity index (χ1n) is 8.28. The summed E-state index contributed by atoms with van der Waals surface area (Å²) < 4.78 is 0. The number of hydrogen-bond acceptors (Lipinski definition) is 3. The van der Waals surface area contributed by atoms with Crippen LogP contribution in [0, 0.1) is 11.8 Å². The molecule has 0 aromatic heterocycles. The summed E-state index contributed by atoms with van der Waals surface area (Å²) in [7, 11) is 0. The molecule has 20 heavy (non-hydrogen) atoms. The third-order valence-electron chi connectivity index (χ3n) is 4.92. The van der Waals surface area contributed by atoms with Gasteiger partial charge in [-0.2, -0.15) is 0 Å². The molecule has 1 saturated carbocycles. The second-order valence-electron chi connectivity index (χ2n) is 6.65. The lowest BCUT2D eigenvalue weighted by molar-refractivity contribution is -0.131. The Morgan fingerprint density at radius 1 is 1.25 bits per heavy atom. The van der Waals surface area contributed by atoms with Gasteiger partial charge in [0.05, 0.1) is 0 Å². The van der Waals surface area contributed by atoms with Gasteiger partial charge in [0.1, 0.15) is 0 Å². The summed E-state index contributed by atoms with van der Waals surface area (Å²) in [5, 5.41) is 12.7. The number of likely N-dealkylation sites (tertiary alicyclic amines) is 1. The van der Waals surface area contributed by atoms with Crippen molar-refractivity contribution in [2.24, 2.45) is 11.8 Å². The van der Waals surface area contributed by atoms with E-state index in [1.807, 2.05) is 4.90 Å². The molecule has 0 spiro atoms. The number of carbonyl (C=O) groups is 1. The molecular formula is C16H30N2O2. The Labute approximate surface area is 122 Å². The molecule has 0 aromatic rings. The highest BCUT2D eigenvalue weighted by molar-refractivity contribution is 5.73. The van der Waals surface area contributed by atoms with Gasteiger partial charge in [-0.05, 0) is 50.5 Å². The summed E-state index contributed by atoms with van der Waals surface area (Å²) in [6.07, 6.45) is 8.53. The van der Waals surface area contributed by atoms with Gasteiger partial charge in [-0.3, -0.25) is 4.79 Å². The maximum atomic E-state index is 11.7. The molecule has 4 nitrogen and oxygen atoms in total. The average molecular weight is 282 g/mol. The van der Waals surface area contributed by atoms with Crippen LogP contribution < -0.4 is 5.32 Å². The van der Waals surface area contributed by atoms with Crippen molar-refractivity contribution in [3.63, 3.8) is 0 Å². The lowest BCUT2D eigenvalue weighted by Crippen LogP contribution is -2.51. The first-order valence-corrected chi connectivity index (χ1v) is 8.28. The largest absolute Gasteiger partial charge is 0.396 e. The third-order valence-corrected chi connectivity index (χ3v) is 4.92. The molecule has 0 radical (unpaired) electrons. The first-order chi connectivity index (χ1) is 9.69. The molecule has 2 unspecified atom stereocenters. The van der Waals surface area contributed by atoms with Crippen molar-refractivity contribution in [2.75, 3.05) is 26.2 Å². The molecule has 1 aliphatic carbocycles. The number of hydrogen-bond donors (Lipinski definition) is 2. The van der Waals surface area contributed by atoms with E-state index < -0.39 is 0 Å². The molecule has 2 rings (SSSR count). The van der Waals surface area contributed by atoms with Gasteiger partial charge in [-0.25, -0.2) is 0 Å². The van der Waals surface area contributed by atoms with Crippen LogP contribution in [0.3, 0.4) is 0 Å². The topological polar surface area (TPSA) is 52.6 Å². The minimum Gasteiger partial charge on any atom is -0.396 e. The highest BCUT2D eigenvalue weighted by Crippen LogP contribution is 2.25. The van der Waals surface area contributed by atoms with E-state index in [-0.39, 0.29) is 12.5 Å². The Balaban J connectivity index is 1.80. The zero-order chi connectivity index (χ0) is 14.4. The standard InChI is InChI=1S/C16H30N2O2/c1-13(20)18-11-15(7-4-8-19)9-16(12-18)17-10-14-5-2-3-6-14/h14-17,19H,2-12H2,1H3. The number of piperidine rings is 1. The summed E-state index contributed by atoms with van der Waals surface area (Å²) in [6.45, 7) is 4.77. The summed E-state index contributed by atoms with van der Waals surface area (Å²) in [6, 6.07) is 0.442. The SMILES string of the molecule is CC(=O)N1CC(CCCO)CC(NCC2CCCC2)C1. The molecule has 1 amide bonds. The Hall–Kier alpha value is -0.610. The molecule has 0 bridgehead atoms. The second kappa shape index (κ2) is 7.99. The lowest BCUT2D eigenvalue weighted by Gasteiger charge is -2.38. The van der Waals surface area contributed by atoms with Crippen molar-refractivity contribution in [1.82, 2.24) is 10.2 Å². The van der Waals surface area contributed by atoms with Crippen LogP contribution in [-0.4, -0.2) is 48.2 Å². The minimum atomic E-state index is 0.186. The molecule has 2 atom stereocenters. The van der Waals surface area contributed by atoms with Crippen LogP contribution in [0.4, 0.5) is 0 Å². The fourth-order valence-electron chi connectivity index (χ4n) is 3.75. The van der Waals surface area contributed by atoms with Crippen LogP contribution in [0.25, 0.3) is 0 Å². The summed E-state index contributed by atoms with van der Waals surface area (Å²) in [5.41, 5.74) is 0. The molecule has 1 saturated heterocycles. The van der Waals surface area contributed by atoms with E-state index >= 15 is 0 Å². The van der Waals surface area contributed by atoms with Crippen molar-refractivity contribution in [2.45, 2.75) is 57.9 Å². The minimum absolute atomic E-state index is 0.186. The fraction of sp³-hybridized carbons (Fsp3) is 0.938. The van der Waals surface area contributed by atoms with Gasteiger partial charge in [-0.1, -0.05) is 12.8 Å². The van der Waals surface area contributed by atoms with Gasteiger partial charge >= 0.3 is 0 Å². The quantitative estimate of drug-likeness (QED) is 0.781. The van der Waals surface area contributed by atoms with Crippen molar-refractivity contribution in [1.29, 1.82) is 0 Å². The molecule has 2 aliphatic rings.